The normalized spacial score (nSPS) is 11.6. The van der Waals surface area contributed by atoms with Gasteiger partial charge in [0.25, 0.3) is 11.6 Å². The van der Waals surface area contributed by atoms with Crippen molar-refractivity contribution >= 4 is 11.6 Å². The summed E-state index contributed by atoms with van der Waals surface area (Å²) < 4.78 is 6.78. The molecule has 1 N–H and O–H groups in total. The third-order valence-corrected chi connectivity index (χ3v) is 5.28. The number of hydrogen-bond donors (Lipinski definition) is 1. The molecule has 33 heavy (non-hydrogen) atoms. The van der Waals surface area contributed by atoms with Gasteiger partial charge in [0.05, 0.1) is 29.5 Å². The first kappa shape index (κ1) is 21.8. The molecule has 1 unspecified atom stereocenters. The van der Waals surface area contributed by atoms with Crippen LogP contribution < -0.4 is 10.1 Å². The van der Waals surface area contributed by atoms with E-state index in [9.17, 15) is 14.9 Å². The molecule has 0 saturated heterocycles. The molecule has 8 heteroatoms. The van der Waals surface area contributed by atoms with Gasteiger partial charge in [-0.1, -0.05) is 30.3 Å². The zero-order valence-corrected chi connectivity index (χ0v) is 18.1. The van der Waals surface area contributed by atoms with Crippen molar-refractivity contribution in [2.24, 2.45) is 0 Å². The fourth-order valence-electron chi connectivity index (χ4n) is 3.45. The lowest BCUT2D eigenvalue weighted by atomic mass is 10.1. The molecule has 0 bridgehead atoms. The van der Waals surface area contributed by atoms with Crippen molar-refractivity contribution in [1.82, 2.24) is 15.1 Å². The smallest absolute Gasteiger partial charge is 0.270 e. The van der Waals surface area contributed by atoms with Gasteiger partial charge < -0.3 is 10.1 Å². The second-order valence-corrected chi connectivity index (χ2v) is 7.43. The zero-order chi connectivity index (χ0) is 23.4. The maximum Gasteiger partial charge on any atom is 0.270 e. The first-order valence-electron chi connectivity index (χ1n) is 10.3. The van der Waals surface area contributed by atoms with Crippen LogP contribution in [0.2, 0.25) is 0 Å². The molecule has 0 radical (unpaired) electrons. The van der Waals surface area contributed by atoms with E-state index in [0.717, 1.165) is 5.56 Å². The molecule has 0 saturated carbocycles. The molecule has 4 aromatic rings. The van der Waals surface area contributed by atoms with Crippen LogP contribution in [0.15, 0.2) is 84.9 Å². The Hall–Kier alpha value is -4.46. The fraction of sp³-hybridized carbons (Fsp3) is 0.120. The highest BCUT2D eigenvalue weighted by molar-refractivity contribution is 5.94. The number of nitrogens with one attached hydrogen (secondary N) is 1. The summed E-state index contributed by atoms with van der Waals surface area (Å²) in [5.74, 6) is 0.396. The summed E-state index contributed by atoms with van der Waals surface area (Å²) in [5, 5.41) is 18.6. The summed E-state index contributed by atoms with van der Waals surface area (Å²) in [6.45, 7) is 1.92. The number of amides is 1. The molecular formula is C25H22N4O4. The average Bonchev–Trinajstić information content (AvgIpc) is 3.30. The van der Waals surface area contributed by atoms with Crippen molar-refractivity contribution in [3.8, 4) is 22.7 Å². The number of nitro benzene ring substituents is 1. The maximum atomic E-state index is 13.2. The van der Waals surface area contributed by atoms with Gasteiger partial charge in [0, 0.05) is 17.7 Å². The van der Waals surface area contributed by atoms with E-state index >= 15 is 0 Å². The number of carbonyl (C=O) groups excluding carboxylic acids is 1. The Morgan fingerprint density at radius 3 is 2.30 bits per heavy atom. The van der Waals surface area contributed by atoms with Crippen molar-refractivity contribution in [2.75, 3.05) is 7.11 Å². The Morgan fingerprint density at radius 2 is 1.70 bits per heavy atom. The van der Waals surface area contributed by atoms with Crippen molar-refractivity contribution in [1.29, 1.82) is 0 Å². The predicted molar refractivity (Wildman–Crippen MR) is 125 cm³/mol. The number of nitro groups is 1. The number of aromatic nitrogens is 2. The molecule has 8 nitrogen and oxygen atoms in total. The number of nitrogens with zero attached hydrogens (tertiary/aromatic N) is 3. The van der Waals surface area contributed by atoms with Crippen molar-refractivity contribution in [3.05, 3.63) is 106 Å². The minimum Gasteiger partial charge on any atom is -0.497 e. The fourth-order valence-corrected chi connectivity index (χ4v) is 3.45. The SMILES string of the molecule is COc1ccc(-n2nc(-c3ccc([N+](=O)[O-])cc3)cc2C(=O)NC(C)c2ccccc2)cc1. The van der Waals surface area contributed by atoms with Crippen molar-refractivity contribution in [2.45, 2.75) is 13.0 Å². The number of ether oxygens (including phenoxy) is 1. The Balaban J connectivity index is 1.71. The molecule has 1 atom stereocenters. The van der Waals surface area contributed by atoms with Crippen LogP contribution in [-0.2, 0) is 0 Å². The first-order chi connectivity index (χ1) is 16.0. The minimum atomic E-state index is -0.455. The van der Waals surface area contributed by atoms with Crippen LogP contribution in [0.5, 0.6) is 5.75 Å². The lowest BCUT2D eigenvalue weighted by molar-refractivity contribution is -0.384. The van der Waals surface area contributed by atoms with E-state index in [0.29, 0.717) is 28.4 Å². The Labute approximate surface area is 190 Å². The van der Waals surface area contributed by atoms with Gasteiger partial charge in [-0.25, -0.2) is 4.68 Å². The Bertz CT molecular complexity index is 1270. The van der Waals surface area contributed by atoms with Crippen LogP contribution in [0.1, 0.15) is 29.0 Å². The second kappa shape index (κ2) is 9.35. The van der Waals surface area contributed by atoms with E-state index in [4.69, 9.17) is 4.74 Å². The summed E-state index contributed by atoms with van der Waals surface area (Å²) in [4.78, 5) is 23.8. The van der Waals surface area contributed by atoms with Crippen LogP contribution in [0.25, 0.3) is 16.9 Å². The summed E-state index contributed by atoms with van der Waals surface area (Å²) in [5.41, 5.74) is 3.19. The second-order valence-electron chi connectivity index (χ2n) is 7.43. The molecule has 0 fully saturated rings. The highest BCUT2D eigenvalue weighted by atomic mass is 16.6. The van der Waals surface area contributed by atoms with Gasteiger partial charge in [-0.2, -0.15) is 5.10 Å². The molecule has 3 aromatic carbocycles. The Morgan fingerprint density at radius 1 is 1.03 bits per heavy atom. The van der Waals surface area contributed by atoms with Crippen LogP contribution in [-0.4, -0.2) is 27.7 Å². The molecule has 4 rings (SSSR count). The van der Waals surface area contributed by atoms with Crippen molar-refractivity contribution < 1.29 is 14.5 Å². The van der Waals surface area contributed by atoms with E-state index < -0.39 is 4.92 Å². The average molecular weight is 442 g/mol. The highest BCUT2D eigenvalue weighted by Crippen LogP contribution is 2.25. The topological polar surface area (TPSA) is 99.3 Å². The molecule has 0 aliphatic rings. The number of methoxy groups -OCH3 is 1. The number of carbonyl (C=O) groups is 1. The lowest BCUT2D eigenvalue weighted by Gasteiger charge is -2.15. The van der Waals surface area contributed by atoms with E-state index in [1.54, 1.807) is 42.1 Å². The standard InChI is InChI=1S/C25H22N4O4/c1-17(18-6-4-3-5-7-18)26-25(30)24-16-23(19-8-10-21(11-9-19)29(31)32)27-28(24)20-12-14-22(33-2)15-13-20/h3-17H,1-2H3,(H,26,30). The monoisotopic (exact) mass is 442 g/mol. The molecule has 0 aliphatic carbocycles. The number of non-ortho nitro benzene ring substituents is 1. The van der Waals surface area contributed by atoms with Crippen LogP contribution in [0, 0.1) is 10.1 Å². The molecule has 1 aromatic heterocycles. The first-order valence-corrected chi connectivity index (χ1v) is 10.3. The quantitative estimate of drug-likeness (QED) is 0.323. The van der Waals surface area contributed by atoms with Gasteiger partial charge >= 0.3 is 0 Å². The van der Waals surface area contributed by atoms with Crippen LogP contribution >= 0.6 is 0 Å². The minimum absolute atomic E-state index is 0.0111. The summed E-state index contributed by atoms with van der Waals surface area (Å²) in [6, 6.07) is 24.4. The van der Waals surface area contributed by atoms with Gasteiger partial charge in [-0.05, 0) is 55.0 Å². The number of rotatable bonds is 7. The van der Waals surface area contributed by atoms with Crippen LogP contribution in [0.3, 0.4) is 0 Å². The van der Waals surface area contributed by atoms with E-state index in [1.807, 2.05) is 49.4 Å². The maximum absolute atomic E-state index is 13.2. The zero-order valence-electron chi connectivity index (χ0n) is 18.1. The van der Waals surface area contributed by atoms with Gasteiger partial charge in [0.2, 0.25) is 0 Å². The molecule has 1 heterocycles. The summed E-state index contributed by atoms with van der Waals surface area (Å²) in [6.07, 6.45) is 0. The Kier molecular flexibility index (Phi) is 6.17. The summed E-state index contributed by atoms with van der Waals surface area (Å²) >= 11 is 0. The molecule has 1 amide bonds. The van der Waals surface area contributed by atoms with Gasteiger partial charge in [-0.3, -0.25) is 14.9 Å². The largest absolute Gasteiger partial charge is 0.497 e. The van der Waals surface area contributed by atoms with E-state index in [2.05, 4.69) is 10.4 Å². The third-order valence-electron chi connectivity index (χ3n) is 5.28. The van der Waals surface area contributed by atoms with Gasteiger partial charge in [0.15, 0.2) is 0 Å². The van der Waals surface area contributed by atoms with E-state index in [-0.39, 0.29) is 17.6 Å². The summed E-state index contributed by atoms with van der Waals surface area (Å²) in [7, 11) is 1.58. The predicted octanol–water partition coefficient (Wildman–Crippen LogP) is 4.95. The van der Waals surface area contributed by atoms with Crippen LogP contribution in [0.4, 0.5) is 5.69 Å². The molecule has 0 aliphatic heterocycles. The van der Waals surface area contributed by atoms with E-state index in [1.165, 1.54) is 12.1 Å². The highest BCUT2D eigenvalue weighted by Gasteiger charge is 2.20. The van der Waals surface area contributed by atoms with Gasteiger partial charge in [-0.15, -0.1) is 0 Å². The molecular weight excluding hydrogens is 420 g/mol. The third kappa shape index (κ3) is 4.74. The van der Waals surface area contributed by atoms with Crippen molar-refractivity contribution in [3.63, 3.8) is 0 Å². The van der Waals surface area contributed by atoms with Gasteiger partial charge in [0.1, 0.15) is 11.4 Å². The number of hydrogen-bond acceptors (Lipinski definition) is 5. The molecule has 166 valence electrons. The molecule has 0 spiro atoms. The lowest BCUT2D eigenvalue weighted by Crippen LogP contribution is -2.28. The number of benzene rings is 3.